The van der Waals surface area contributed by atoms with Crippen LogP contribution in [-0.2, 0) is 0 Å². The molecular weight excluding hydrogens is 250 g/mol. The Labute approximate surface area is 115 Å². The van der Waals surface area contributed by atoms with Crippen LogP contribution in [0.25, 0.3) is 32.1 Å². The van der Waals surface area contributed by atoms with Gasteiger partial charge in [-0.1, -0.05) is 48.5 Å². The van der Waals surface area contributed by atoms with E-state index in [-0.39, 0.29) is 0 Å². The fourth-order valence-electron chi connectivity index (χ4n) is 2.51. The first kappa shape index (κ1) is 10.7. The molecule has 0 saturated heterocycles. The predicted molar refractivity (Wildman–Crippen MR) is 82.6 cm³/mol. The number of aromatic nitrogens is 1. The Morgan fingerprint density at radius 1 is 0.789 bits per heavy atom. The number of benzene rings is 3. The highest BCUT2D eigenvalue weighted by Gasteiger charge is 2.04. The lowest BCUT2D eigenvalue weighted by Gasteiger charge is -2.05. The van der Waals surface area contributed by atoms with Gasteiger partial charge in [-0.2, -0.15) is 0 Å². The molecule has 4 aromatic rings. The molecule has 0 saturated carbocycles. The minimum Gasteiger partial charge on any atom is -0.245 e. The number of thiazole rings is 1. The highest BCUT2D eigenvalue weighted by atomic mass is 32.1. The second-order valence-electron chi connectivity index (χ2n) is 4.56. The van der Waals surface area contributed by atoms with Crippen LogP contribution in [0.5, 0.6) is 0 Å². The van der Waals surface area contributed by atoms with Crippen molar-refractivity contribution in [3.05, 3.63) is 66.2 Å². The van der Waals surface area contributed by atoms with E-state index in [1.165, 1.54) is 27.1 Å². The Kier molecular flexibility index (Phi) is 2.35. The third-order valence-electron chi connectivity index (χ3n) is 3.42. The van der Waals surface area contributed by atoms with Gasteiger partial charge in [-0.25, -0.2) is 4.98 Å². The van der Waals surface area contributed by atoms with Crippen LogP contribution in [0, 0.1) is 0 Å². The molecule has 1 aromatic heterocycles. The molecule has 0 aliphatic rings. The van der Waals surface area contributed by atoms with Crippen molar-refractivity contribution in [1.29, 1.82) is 0 Å². The summed E-state index contributed by atoms with van der Waals surface area (Å²) in [4.78, 5) is 4.37. The molecule has 90 valence electrons. The Morgan fingerprint density at radius 3 is 2.53 bits per heavy atom. The highest BCUT2D eigenvalue weighted by Crippen LogP contribution is 2.30. The summed E-state index contributed by atoms with van der Waals surface area (Å²) in [6, 6.07) is 19.5. The molecular formula is C17H11NS. The summed E-state index contributed by atoms with van der Waals surface area (Å²) in [6.45, 7) is 0. The van der Waals surface area contributed by atoms with Crippen molar-refractivity contribution in [2.45, 2.75) is 0 Å². The smallest absolute Gasteiger partial charge is 0.123 e. The summed E-state index contributed by atoms with van der Waals surface area (Å²) in [6.07, 6.45) is 1.85. The number of fused-ring (bicyclic) bond motifs is 3. The van der Waals surface area contributed by atoms with Crippen molar-refractivity contribution in [3.63, 3.8) is 0 Å². The lowest BCUT2D eigenvalue weighted by Crippen LogP contribution is -1.80. The van der Waals surface area contributed by atoms with Gasteiger partial charge in [-0.15, -0.1) is 11.3 Å². The Hall–Kier alpha value is -2.19. The van der Waals surface area contributed by atoms with Crippen LogP contribution in [0.2, 0.25) is 0 Å². The average molecular weight is 261 g/mol. The van der Waals surface area contributed by atoms with E-state index in [2.05, 4.69) is 59.6 Å². The van der Waals surface area contributed by atoms with Gasteiger partial charge in [0, 0.05) is 17.1 Å². The molecule has 0 aliphatic heterocycles. The Bertz CT molecular complexity index is 863. The topological polar surface area (TPSA) is 12.9 Å². The van der Waals surface area contributed by atoms with Gasteiger partial charge in [0.25, 0.3) is 0 Å². The molecule has 0 radical (unpaired) electrons. The Morgan fingerprint density at radius 2 is 1.63 bits per heavy atom. The molecule has 0 unspecified atom stereocenters. The SMILES string of the molecule is c1ccc2c(c1)ccc1cc(-c3nccs3)ccc12. The highest BCUT2D eigenvalue weighted by molar-refractivity contribution is 7.13. The first-order chi connectivity index (χ1) is 9.42. The van der Waals surface area contributed by atoms with Gasteiger partial charge < -0.3 is 0 Å². The van der Waals surface area contributed by atoms with E-state index < -0.39 is 0 Å². The number of hydrogen-bond donors (Lipinski definition) is 0. The molecule has 0 amide bonds. The van der Waals surface area contributed by atoms with E-state index in [9.17, 15) is 0 Å². The van der Waals surface area contributed by atoms with Crippen molar-refractivity contribution in [2.24, 2.45) is 0 Å². The van der Waals surface area contributed by atoms with Gasteiger partial charge in [-0.3, -0.25) is 0 Å². The maximum absolute atomic E-state index is 4.37. The Balaban J connectivity index is 2.03. The molecule has 0 N–H and O–H groups in total. The van der Waals surface area contributed by atoms with Gasteiger partial charge in [0.2, 0.25) is 0 Å². The zero-order valence-electron chi connectivity index (χ0n) is 10.2. The van der Waals surface area contributed by atoms with Crippen LogP contribution in [0.1, 0.15) is 0 Å². The number of rotatable bonds is 1. The molecule has 0 atom stereocenters. The summed E-state index contributed by atoms with van der Waals surface area (Å²) < 4.78 is 0. The van der Waals surface area contributed by atoms with E-state index >= 15 is 0 Å². The molecule has 2 heteroatoms. The summed E-state index contributed by atoms with van der Waals surface area (Å²) >= 11 is 1.68. The second kappa shape index (κ2) is 4.18. The third kappa shape index (κ3) is 1.72. The van der Waals surface area contributed by atoms with Crippen LogP contribution < -0.4 is 0 Å². The summed E-state index contributed by atoms with van der Waals surface area (Å²) in [7, 11) is 0. The number of hydrogen-bond acceptors (Lipinski definition) is 2. The molecule has 1 nitrogen and oxygen atoms in total. The standard InChI is InChI=1S/C17H11NS/c1-2-4-15-12(3-1)5-6-13-11-14(7-8-16(13)15)17-18-9-10-19-17/h1-11H. The average Bonchev–Trinajstić information content (AvgIpc) is 3.01. The monoisotopic (exact) mass is 261 g/mol. The molecule has 19 heavy (non-hydrogen) atoms. The van der Waals surface area contributed by atoms with Gasteiger partial charge in [-0.05, 0) is 27.6 Å². The van der Waals surface area contributed by atoms with E-state index in [0.717, 1.165) is 5.01 Å². The molecule has 3 aromatic carbocycles. The van der Waals surface area contributed by atoms with E-state index in [0.29, 0.717) is 0 Å². The van der Waals surface area contributed by atoms with Crippen LogP contribution >= 0.6 is 11.3 Å². The first-order valence-electron chi connectivity index (χ1n) is 6.23. The minimum atomic E-state index is 1.08. The largest absolute Gasteiger partial charge is 0.245 e. The molecule has 0 aliphatic carbocycles. The lowest BCUT2D eigenvalue weighted by atomic mass is 10.0. The van der Waals surface area contributed by atoms with Crippen LogP contribution in [0.15, 0.2) is 66.2 Å². The quantitative estimate of drug-likeness (QED) is 0.433. The minimum absolute atomic E-state index is 1.08. The van der Waals surface area contributed by atoms with Crippen LogP contribution in [0.3, 0.4) is 0 Å². The van der Waals surface area contributed by atoms with E-state index in [4.69, 9.17) is 0 Å². The van der Waals surface area contributed by atoms with Gasteiger partial charge in [0.15, 0.2) is 0 Å². The molecule has 0 spiro atoms. The van der Waals surface area contributed by atoms with Gasteiger partial charge in [0.05, 0.1) is 0 Å². The maximum Gasteiger partial charge on any atom is 0.123 e. The fraction of sp³-hybridized carbons (Fsp3) is 0. The first-order valence-corrected chi connectivity index (χ1v) is 7.11. The maximum atomic E-state index is 4.37. The predicted octanol–water partition coefficient (Wildman–Crippen LogP) is 5.12. The zero-order valence-corrected chi connectivity index (χ0v) is 11.0. The van der Waals surface area contributed by atoms with Crippen LogP contribution in [-0.4, -0.2) is 4.98 Å². The van der Waals surface area contributed by atoms with Crippen LogP contribution in [0.4, 0.5) is 0 Å². The normalized spacial score (nSPS) is 11.2. The lowest BCUT2D eigenvalue weighted by molar-refractivity contribution is 1.42. The van der Waals surface area contributed by atoms with Gasteiger partial charge >= 0.3 is 0 Å². The van der Waals surface area contributed by atoms with Crippen molar-refractivity contribution in [3.8, 4) is 10.6 Å². The van der Waals surface area contributed by atoms with E-state index in [1.807, 2.05) is 11.6 Å². The summed E-state index contributed by atoms with van der Waals surface area (Å²) in [5, 5.41) is 8.27. The molecule has 4 rings (SSSR count). The molecule has 0 bridgehead atoms. The van der Waals surface area contributed by atoms with Gasteiger partial charge in [0.1, 0.15) is 5.01 Å². The fourth-order valence-corrected chi connectivity index (χ4v) is 3.15. The zero-order chi connectivity index (χ0) is 12.7. The summed E-state index contributed by atoms with van der Waals surface area (Å²) in [5.74, 6) is 0. The van der Waals surface area contributed by atoms with Crippen molar-refractivity contribution < 1.29 is 0 Å². The molecule has 1 heterocycles. The number of nitrogens with zero attached hydrogens (tertiary/aromatic N) is 1. The summed E-state index contributed by atoms with van der Waals surface area (Å²) in [5.41, 5.74) is 1.19. The second-order valence-corrected chi connectivity index (χ2v) is 5.45. The molecule has 0 fully saturated rings. The van der Waals surface area contributed by atoms with Crippen molar-refractivity contribution >= 4 is 32.9 Å². The van der Waals surface area contributed by atoms with Crippen molar-refractivity contribution in [2.75, 3.05) is 0 Å². The van der Waals surface area contributed by atoms with E-state index in [1.54, 1.807) is 11.3 Å². The van der Waals surface area contributed by atoms with Crippen molar-refractivity contribution in [1.82, 2.24) is 4.98 Å². The third-order valence-corrected chi connectivity index (χ3v) is 4.25.